The van der Waals surface area contributed by atoms with Crippen LogP contribution in [0.5, 0.6) is 17.2 Å². The zero-order valence-electron chi connectivity index (χ0n) is 14.2. The molecule has 0 saturated carbocycles. The van der Waals surface area contributed by atoms with Crippen LogP contribution in [-0.4, -0.2) is 17.7 Å². The van der Waals surface area contributed by atoms with Gasteiger partial charge in [0.2, 0.25) is 0 Å². The second-order valence-corrected chi connectivity index (χ2v) is 6.28. The number of benzene rings is 2. The van der Waals surface area contributed by atoms with Crippen molar-refractivity contribution in [1.82, 2.24) is 0 Å². The predicted molar refractivity (Wildman–Crippen MR) is 92.3 cm³/mol. The fourth-order valence-electron chi connectivity index (χ4n) is 3.23. The van der Waals surface area contributed by atoms with Crippen molar-refractivity contribution < 1.29 is 19.4 Å². The zero-order valence-corrected chi connectivity index (χ0v) is 14.2. The molecule has 0 saturated heterocycles. The van der Waals surface area contributed by atoms with E-state index in [1.807, 2.05) is 38.1 Å². The van der Waals surface area contributed by atoms with Crippen molar-refractivity contribution in [2.24, 2.45) is 0 Å². The Morgan fingerprint density at radius 2 is 2.00 bits per heavy atom. The third kappa shape index (κ3) is 3.58. The van der Waals surface area contributed by atoms with Crippen molar-refractivity contribution in [3.8, 4) is 23.3 Å². The van der Waals surface area contributed by atoms with E-state index in [9.17, 15) is 4.79 Å². The van der Waals surface area contributed by atoms with Crippen LogP contribution in [0.25, 0.3) is 0 Å². The normalized spacial score (nSPS) is 15.6. The number of hydrogen-bond donors (Lipinski definition) is 1. The highest BCUT2D eigenvalue weighted by Gasteiger charge is 2.24. The number of carbonyl (C=O) groups is 1. The van der Waals surface area contributed by atoms with Gasteiger partial charge in [-0.15, -0.1) is 0 Å². The summed E-state index contributed by atoms with van der Waals surface area (Å²) < 4.78 is 11.6. The van der Waals surface area contributed by atoms with E-state index in [0.717, 1.165) is 16.7 Å². The standard InChI is InChI=1S/C20H19NO4/c1-12-7-16(8-13(2)18(12)11-21)25-15-3-4-17-14(9-20(22)23)5-6-24-19(17)10-15/h3-4,7-8,10,14H,5-6,9H2,1-2H3,(H,22,23)/t14-/m0/s1. The van der Waals surface area contributed by atoms with Gasteiger partial charge in [0.25, 0.3) is 0 Å². The molecule has 1 N–H and O–H groups in total. The molecule has 2 aromatic rings. The van der Waals surface area contributed by atoms with Gasteiger partial charge >= 0.3 is 5.97 Å². The highest BCUT2D eigenvalue weighted by molar-refractivity contribution is 5.68. The number of nitriles is 1. The lowest BCUT2D eigenvalue weighted by atomic mass is 9.90. The molecule has 128 valence electrons. The van der Waals surface area contributed by atoms with E-state index in [-0.39, 0.29) is 12.3 Å². The number of nitrogens with zero attached hydrogens (tertiary/aromatic N) is 1. The molecule has 5 nitrogen and oxygen atoms in total. The van der Waals surface area contributed by atoms with Gasteiger partial charge in [-0.25, -0.2) is 0 Å². The number of fused-ring (bicyclic) bond motifs is 1. The van der Waals surface area contributed by atoms with E-state index >= 15 is 0 Å². The lowest BCUT2D eigenvalue weighted by Gasteiger charge is -2.25. The van der Waals surface area contributed by atoms with Gasteiger partial charge in [-0.05, 0) is 55.2 Å². The summed E-state index contributed by atoms with van der Waals surface area (Å²) in [6.07, 6.45) is 0.804. The average Bonchev–Trinajstić information content (AvgIpc) is 2.54. The molecule has 0 amide bonds. The van der Waals surface area contributed by atoms with Crippen LogP contribution < -0.4 is 9.47 Å². The second kappa shape index (κ2) is 6.86. The number of rotatable bonds is 4. The fraction of sp³-hybridized carbons (Fsp3) is 0.300. The summed E-state index contributed by atoms with van der Waals surface area (Å²) >= 11 is 0. The Kier molecular flexibility index (Phi) is 4.62. The number of carboxylic acids is 1. The summed E-state index contributed by atoms with van der Waals surface area (Å²) in [5.41, 5.74) is 3.31. The lowest BCUT2D eigenvalue weighted by molar-refractivity contribution is -0.137. The van der Waals surface area contributed by atoms with Crippen LogP contribution in [0.3, 0.4) is 0 Å². The summed E-state index contributed by atoms with van der Waals surface area (Å²) in [4.78, 5) is 11.0. The molecule has 0 aliphatic carbocycles. The van der Waals surface area contributed by atoms with Gasteiger partial charge in [0.05, 0.1) is 24.7 Å². The van der Waals surface area contributed by atoms with Gasteiger partial charge in [0, 0.05) is 12.0 Å². The van der Waals surface area contributed by atoms with Crippen molar-refractivity contribution in [3.63, 3.8) is 0 Å². The van der Waals surface area contributed by atoms with Crippen LogP contribution in [0.4, 0.5) is 0 Å². The predicted octanol–water partition coefficient (Wildman–Crippen LogP) is 4.31. The van der Waals surface area contributed by atoms with Crippen molar-refractivity contribution >= 4 is 5.97 Å². The topological polar surface area (TPSA) is 79.6 Å². The molecule has 0 radical (unpaired) electrons. The van der Waals surface area contributed by atoms with E-state index in [0.29, 0.717) is 35.8 Å². The van der Waals surface area contributed by atoms with Crippen LogP contribution in [0.2, 0.25) is 0 Å². The first-order valence-corrected chi connectivity index (χ1v) is 8.15. The molecule has 0 fully saturated rings. The van der Waals surface area contributed by atoms with Gasteiger partial charge in [-0.3, -0.25) is 4.79 Å². The molecule has 3 rings (SSSR count). The van der Waals surface area contributed by atoms with E-state index in [1.54, 1.807) is 6.07 Å². The molecule has 25 heavy (non-hydrogen) atoms. The van der Waals surface area contributed by atoms with Crippen molar-refractivity contribution in [3.05, 3.63) is 52.6 Å². The van der Waals surface area contributed by atoms with E-state index in [2.05, 4.69) is 6.07 Å². The number of aryl methyl sites for hydroxylation is 2. The maximum Gasteiger partial charge on any atom is 0.303 e. The maximum atomic E-state index is 11.0. The summed E-state index contributed by atoms with van der Waals surface area (Å²) in [5, 5.41) is 18.2. The Hall–Kier alpha value is -3.00. The SMILES string of the molecule is Cc1cc(Oc2ccc3c(c2)OCC[C@H]3CC(=O)O)cc(C)c1C#N. The molecule has 2 aromatic carbocycles. The molecule has 0 spiro atoms. The Morgan fingerprint density at radius 3 is 2.64 bits per heavy atom. The average molecular weight is 337 g/mol. The molecule has 0 bridgehead atoms. The Bertz CT molecular complexity index is 843. The van der Waals surface area contributed by atoms with E-state index < -0.39 is 5.97 Å². The lowest BCUT2D eigenvalue weighted by Crippen LogP contribution is -2.16. The first-order chi connectivity index (χ1) is 12.0. The Morgan fingerprint density at radius 1 is 1.28 bits per heavy atom. The first kappa shape index (κ1) is 16.8. The summed E-state index contributed by atoms with van der Waals surface area (Å²) in [6, 6.07) is 11.4. The molecule has 1 aliphatic heterocycles. The minimum atomic E-state index is -0.804. The number of ether oxygens (including phenoxy) is 2. The minimum Gasteiger partial charge on any atom is -0.493 e. The molecule has 1 heterocycles. The van der Waals surface area contributed by atoms with Crippen molar-refractivity contribution in [2.45, 2.75) is 32.6 Å². The molecule has 0 aromatic heterocycles. The van der Waals surface area contributed by atoms with Gasteiger partial charge in [0.15, 0.2) is 0 Å². The van der Waals surface area contributed by atoms with Crippen molar-refractivity contribution in [2.75, 3.05) is 6.61 Å². The molecular weight excluding hydrogens is 318 g/mol. The van der Waals surface area contributed by atoms with Gasteiger partial charge in [0.1, 0.15) is 17.2 Å². The molecule has 1 atom stereocenters. The van der Waals surface area contributed by atoms with Gasteiger partial charge < -0.3 is 14.6 Å². The van der Waals surface area contributed by atoms with Crippen LogP contribution in [0, 0.1) is 25.2 Å². The minimum absolute atomic E-state index is 0.0327. The van der Waals surface area contributed by atoms with Crippen LogP contribution >= 0.6 is 0 Å². The second-order valence-electron chi connectivity index (χ2n) is 6.28. The summed E-state index contributed by atoms with van der Waals surface area (Å²) in [6.45, 7) is 4.26. The summed E-state index contributed by atoms with van der Waals surface area (Å²) in [5.74, 6) is 1.12. The largest absolute Gasteiger partial charge is 0.493 e. The van der Waals surface area contributed by atoms with Gasteiger partial charge in [-0.1, -0.05) is 6.07 Å². The Balaban J connectivity index is 1.86. The number of carboxylic acid groups (broad SMARTS) is 1. The third-order valence-corrected chi connectivity index (χ3v) is 4.42. The summed E-state index contributed by atoms with van der Waals surface area (Å²) in [7, 11) is 0. The van der Waals surface area contributed by atoms with Crippen LogP contribution in [0.1, 0.15) is 41.0 Å². The van der Waals surface area contributed by atoms with Crippen LogP contribution in [0.15, 0.2) is 30.3 Å². The van der Waals surface area contributed by atoms with Gasteiger partial charge in [-0.2, -0.15) is 5.26 Å². The molecule has 1 aliphatic rings. The van der Waals surface area contributed by atoms with Crippen LogP contribution in [-0.2, 0) is 4.79 Å². The first-order valence-electron chi connectivity index (χ1n) is 8.15. The monoisotopic (exact) mass is 337 g/mol. The smallest absolute Gasteiger partial charge is 0.303 e. The number of aliphatic carboxylic acids is 1. The fourth-order valence-corrected chi connectivity index (χ4v) is 3.23. The molecule has 0 unspecified atom stereocenters. The zero-order chi connectivity index (χ0) is 18.0. The highest BCUT2D eigenvalue weighted by atomic mass is 16.5. The molecular formula is C20H19NO4. The highest BCUT2D eigenvalue weighted by Crippen LogP contribution is 2.39. The van der Waals surface area contributed by atoms with E-state index in [4.69, 9.17) is 19.8 Å². The van der Waals surface area contributed by atoms with Crippen molar-refractivity contribution in [1.29, 1.82) is 5.26 Å². The Labute approximate surface area is 146 Å². The quantitative estimate of drug-likeness (QED) is 0.899. The molecule has 5 heteroatoms. The number of hydrogen-bond acceptors (Lipinski definition) is 4. The third-order valence-electron chi connectivity index (χ3n) is 4.42. The van der Waals surface area contributed by atoms with E-state index in [1.165, 1.54) is 0 Å². The maximum absolute atomic E-state index is 11.0.